The molecule has 0 aromatic heterocycles. The molecule has 0 aliphatic carbocycles. The van der Waals surface area contributed by atoms with Crippen LogP contribution in [0.3, 0.4) is 0 Å². The molecule has 21 heavy (non-hydrogen) atoms. The van der Waals surface area contributed by atoms with Gasteiger partial charge < -0.3 is 10.5 Å². The molecule has 2 N–H and O–H groups in total. The maximum Gasteiger partial charge on any atom is 0.186 e. The van der Waals surface area contributed by atoms with Crippen LogP contribution >= 0.6 is 27.5 Å². The summed E-state index contributed by atoms with van der Waals surface area (Å²) in [5, 5.41) is 0.119. The maximum absolute atomic E-state index is 12.6. The minimum atomic E-state index is -3.66. The molecule has 0 radical (unpaired) electrons. The first kappa shape index (κ1) is 16.1. The van der Waals surface area contributed by atoms with Crippen molar-refractivity contribution in [2.45, 2.75) is 10.6 Å². The van der Waals surface area contributed by atoms with Gasteiger partial charge in [0.2, 0.25) is 0 Å². The fourth-order valence-electron chi connectivity index (χ4n) is 1.92. The Hall–Kier alpha value is -1.24. The number of benzene rings is 2. The quantitative estimate of drug-likeness (QED) is 0.809. The van der Waals surface area contributed by atoms with Crippen LogP contribution in [0.5, 0.6) is 5.75 Å². The minimum absolute atomic E-state index is 0.0404. The molecule has 0 bridgehead atoms. The van der Waals surface area contributed by atoms with Crippen LogP contribution < -0.4 is 10.5 Å². The van der Waals surface area contributed by atoms with E-state index in [9.17, 15) is 8.42 Å². The number of hydrogen-bond acceptors (Lipinski definition) is 4. The van der Waals surface area contributed by atoms with Gasteiger partial charge in [0.1, 0.15) is 10.6 Å². The van der Waals surface area contributed by atoms with Crippen molar-refractivity contribution in [2.24, 2.45) is 0 Å². The predicted octanol–water partition coefficient (Wildman–Crippen LogP) is 3.67. The zero-order chi connectivity index (χ0) is 15.6. The Labute approximate surface area is 136 Å². The SMILES string of the molecule is COc1ccc(Br)c(CS(=O)(=O)c2c(N)cccc2Cl)c1. The van der Waals surface area contributed by atoms with Gasteiger partial charge in [0, 0.05) is 4.47 Å². The number of anilines is 1. The zero-order valence-electron chi connectivity index (χ0n) is 11.1. The second-order valence-corrected chi connectivity index (χ2v) is 7.56. The number of halogens is 2. The van der Waals surface area contributed by atoms with Crippen molar-refractivity contribution in [1.29, 1.82) is 0 Å². The van der Waals surface area contributed by atoms with Crippen LogP contribution in [0.25, 0.3) is 0 Å². The third-order valence-corrected chi connectivity index (χ3v) is 5.88. The maximum atomic E-state index is 12.6. The monoisotopic (exact) mass is 389 g/mol. The molecule has 0 saturated heterocycles. The van der Waals surface area contributed by atoms with Gasteiger partial charge in [-0.15, -0.1) is 0 Å². The van der Waals surface area contributed by atoms with Crippen LogP contribution in [0.2, 0.25) is 5.02 Å². The van der Waals surface area contributed by atoms with E-state index in [1.807, 2.05) is 0 Å². The van der Waals surface area contributed by atoms with E-state index in [1.165, 1.54) is 19.2 Å². The summed E-state index contributed by atoms with van der Waals surface area (Å²) in [4.78, 5) is -0.0404. The number of hydrogen-bond donors (Lipinski definition) is 1. The first-order chi connectivity index (χ1) is 9.85. The standard InChI is InChI=1S/C14H13BrClNO3S/c1-20-10-5-6-11(15)9(7-10)8-21(18,19)14-12(16)3-2-4-13(14)17/h2-7H,8,17H2,1H3. The third-order valence-electron chi connectivity index (χ3n) is 2.91. The van der Waals surface area contributed by atoms with Gasteiger partial charge in [-0.2, -0.15) is 0 Å². The third kappa shape index (κ3) is 3.51. The van der Waals surface area contributed by atoms with E-state index in [0.29, 0.717) is 15.8 Å². The van der Waals surface area contributed by atoms with E-state index in [4.69, 9.17) is 22.1 Å². The van der Waals surface area contributed by atoms with Gasteiger partial charge >= 0.3 is 0 Å². The summed E-state index contributed by atoms with van der Waals surface area (Å²) < 4.78 is 30.9. The molecule has 0 aliphatic rings. The van der Waals surface area contributed by atoms with Crippen molar-refractivity contribution in [3.8, 4) is 5.75 Å². The molecular weight excluding hydrogens is 378 g/mol. The molecule has 2 aromatic carbocycles. The topological polar surface area (TPSA) is 69.4 Å². The molecule has 0 saturated carbocycles. The van der Waals surface area contributed by atoms with Crippen LogP contribution in [-0.4, -0.2) is 15.5 Å². The number of methoxy groups -OCH3 is 1. The molecule has 0 unspecified atom stereocenters. The Morgan fingerprint density at radius 3 is 2.62 bits per heavy atom. The van der Waals surface area contributed by atoms with Gasteiger partial charge in [0.15, 0.2) is 9.84 Å². The van der Waals surface area contributed by atoms with Crippen molar-refractivity contribution in [3.05, 3.63) is 51.5 Å². The lowest BCUT2D eigenvalue weighted by atomic mass is 10.2. The highest BCUT2D eigenvalue weighted by Crippen LogP contribution is 2.32. The van der Waals surface area contributed by atoms with Gasteiger partial charge in [0.25, 0.3) is 0 Å². The van der Waals surface area contributed by atoms with Crippen LogP contribution in [0.1, 0.15) is 5.56 Å². The lowest BCUT2D eigenvalue weighted by Crippen LogP contribution is -2.09. The van der Waals surface area contributed by atoms with Gasteiger partial charge in [-0.05, 0) is 35.9 Å². The molecule has 112 valence electrons. The summed E-state index contributed by atoms with van der Waals surface area (Å²) in [5.41, 5.74) is 6.47. The van der Waals surface area contributed by atoms with E-state index in [0.717, 1.165) is 0 Å². The van der Waals surface area contributed by atoms with Crippen molar-refractivity contribution >= 4 is 43.1 Å². The Bertz CT molecular complexity index is 758. The molecule has 0 spiro atoms. The van der Waals surface area contributed by atoms with Gasteiger partial charge in [-0.3, -0.25) is 0 Å². The van der Waals surface area contributed by atoms with Crippen LogP contribution in [0, 0.1) is 0 Å². The van der Waals surface area contributed by atoms with E-state index in [2.05, 4.69) is 15.9 Å². The number of nitrogen functional groups attached to an aromatic ring is 1. The number of ether oxygens (including phenoxy) is 1. The Morgan fingerprint density at radius 2 is 2.00 bits per heavy atom. The number of nitrogens with two attached hydrogens (primary N) is 1. The van der Waals surface area contributed by atoms with Gasteiger partial charge in [0.05, 0.1) is 23.6 Å². The number of rotatable bonds is 4. The molecule has 4 nitrogen and oxygen atoms in total. The molecule has 0 atom stereocenters. The molecule has 2 aromatic rings. The van der Waals surface area contributed by atoms with E-state index >= 15 is 0 Å². The molecule has 0 fully saturated rings. The van der Waals surface area contributed by atoms with E-state index < -0.39 is 9.84 Å². The molecule has 0 aliphatic heterocycles. The summed E-state index contributed by atoms with van der Waals surface area (Å²) in [5.74, 6) is 0.356. The highest BCUT2D eigenvalue weighted by molar-refractivity contribution is 9.10. The fraction of sp³-hybridized carbons (Fsp3) is 0.143. The summed E-state index contributed by atoms with van der Waals surface area (Å²) in [6.07, 6.45) is 0. The Morgan fingerprint density at radius 1 is 1.29 bits per heavy atom. The van der Waals surface area contributed by atoms with E-state index in [1.54, 1.807) is 24.3 Å². The first-order valence-corrected chi connectivity index (χ1v) is 8.76. The normalized spacial score (nSPS) is 11.4. The molecule has 0 amide bonds. The average molecular weight is 391 g/mol. The lowest BCUT2D eigenvalue weighted by molar-refractivity contribution is 0.414. The van der Waals surface area contributed by atoms with Gasteiger partial charge in [-0.25, -0.2) is 8.42 Å². The minimum Gasteiger partial charge on any atom is -0.497 e. The van der Waals surface area contributed by atoms with Crippen molar-refractivity contribution in [1.82, 2.24) is 0 Å². The Balaban J connectivity index is 2.47. The highest BCUT2D eigenvalue weighted by atomic mass is 79.9. The summed E-state index contributed by atoms with van der Waals surface area (Å²) in [6.45, 7) is 0. The second kappa shape index (κ2) is 6.25. The summed E-state index contributed by atoms with van der Waals surface area (Å²) in [6, 6.07) is 9.77. The van der Waals surface area contributed by atoms with Crippen molar-refractivity contribution < 1.29 is 13.2 Å². The Kier molecular flexibility index (Phi) is 4.81. The van der Waals surface area contributed by atoms with Crippen LogP contribution in [0.15, 0.2) is 45.8 Å². The second-order valence-electron chi connectivity index (χ2n) is 4.37. The molecule has 0 heterocycles. The largest absolute Gasteiger partial charge is 0.497 e. The van der Waals surface area contributed by atoms with E-state index in [-0.39, 0.29) is 21.4 Å². The molecular formula is C14H13BrClNO3S. The average Bonchev–Trinajstić information content (AvgIpc) is 2.40. The van der Waals surface area contributed by atoms with Gasteiger partial charge in [-0.1, -0.05) is 33.6 Å². The predicted molar refractivity (Wildman–Crippen MR) is 87.4 cm³/mol. The highest BCUT2D eigenvalue weighted by Gasteiger charge is 2.23. The summed E-state index contributed by atoms with van der Waals surface area (Å²) >= 11 is 9.32. The molecule has 2 rings (SSSR count). The van der Waals surface area contributed by atoms with Crippen molar-refractivity contribution in [3.63, 3.8) is 0 Å². The molecule has 7 heteroatoms. The zero-order valence-corrected chi connectivity index (χ0v) is 14.3. The van der Waals surface area contributed by atoms with Crippen molar-refractivity contribution in [2.75, 3.05) is 12.8 Å². The van der Waals surface area contributed by atoms with Crippen LogP contribution in [0.4, 0.5) is 5.69 Å². The number of sulfone groups is 1. The smallest absolute Gasteiger partial charge is 0.186 e. The summed E-state index contributed by atoms with van der Waals surface area (Å²) in [7, 11) is -2.14. The van der Waals surface area contributed by atoms with Crippen LogP contribution in [-0.2, 0) is 15.6 Å². The fourth-order valence-corrected chi connectivity index (χ4v) is 4.61. The first-order valence-electron chi connectivity index (χ1n) is 5.94. The lowest BCUT2D eigenvalue weighted by Gasteiger charge is -2.11.